The van der Waals surface area contributed by atoms with Crippen molar-refractivity contribution in [1.82, 2.24) is 9.97 Å². The molecule has 2 rings (SSSR count). The maximum Gasteiger partial charge on any atom is 0.304 e. The summed E-state index contributed by atoms with van der Waals surface area (Å²) in [4.78, 5) is 8.37. The Balaban J connectivity index is 0.000000224. The standard InChI is InChI=1S/C10H8N2.C4H12O2Si/c1-3-7-11-9(5-1)10-6-2-4-8-12-10;1-3-5-7-6-4-2/h1-8H;3-4,7H2,1-2H3. The van der Waals surface area contributed by atoms with E-state index in [0.717, 1.165) is 24.6 Å². The van der Waals surface area contributed by atoms with Crippen molar-refractivity contribution < 1.29 is 8.85 Å². The van der Waals surface area contributed by atoms with Gasteiger partial charge in [0.05, 0.1) is 11.4 Å². The minimum Gasteiger partial charge on any atom is -0.399 e. The van der Waals surface area contributed by atoms with Gasteiger partial charge >= 0.3 is 10.0 Å². The van der Waals surface area contributed by atoms with Crippen LogP contribution in [0.15, 0.2) is 48.8 Å². The van der Waals surface area contributed by atoms with Gasteiger partial charge in [-0.15, -0.1) is 0 Å². The number of rotatable bonds is 5. The van der Waals surface area contributed by atoms with Crippen LogP contribution in [0.1, 0.15) is 13.8 Å². The molecule has 0 aliphatic carbocycles. The van der Waals surface area contributed by atoms with Gasteiger partial charge in [0.25, 0.3) is 0 Å². The van der Waals surface area contributed by atoms with Crippen molar-refractivity contribution in [3.8, 4) is 11.4 Å². The average Bonchev–Trinajstić information content (AvgIpc) is 2.50. The number of nitrogens with zero attached hydrogens (tertiary/aromatic N) is 2. The molecule has 2 aromatic rings. The molecular formula is C14H20N2O2Si. The van der Waals surface area contributed by atoms with Crippen LogP contribution in [-0.2, 0) is 8.85 Å². The maximum absolute atomic E-state index is 4.99. The molecule has 2 heterocycles. The van der Waals surface area contributed by atoms with E-state index in [2.05, 4.69) is 9.97 Å². The molecule has 4 nitrogen and oxygen atoms in total. The quantitative estimate of drug-likeness (QED) is 0.620. The summed E-state index contributed by atoms with van der Waals surface area (Å²) in [5.41, 5.74) is 1.83. The van der Waals surface area contributed by atoms with Crippen LogP contribution in [-0.4, -0.2) is 33.2 Å². The van der Waals surface area contributed by atoms with Crippen LogP contribution in [0.25, 0.3) is 11.4 Å². The zero-order valence-electron chi connectivity index (χ0n) is 11.5. The molecule has 2 aromatic heterocycles. The molecule has 0 aliphatic heterocycles. The van der Waals surface area contributed by atoms with E-state index < -0.39 is 10.0 Å². The molecular weight excluding hydrogens is 256 g/mol. The second-order valence-electron chi connectivity index (χ2n) is 3.53. The summed E-state index contributed by atoms with van der Waals surface area (Å²) >= 11 is 0. The van der Waals surface area contributed by atoms with Crippen molar-refractivity contribution in [2.75, 3.05) is 13.2 Å². The van der Waals surface area contributed by atoms with E-state index in [-0.39, 0.29) is 0 Å². The first-order valence-electron chi connectivity index (χ1n) is 6.36. The molecule has 0 spiro atoms. The van der Waals surface area contributed by atoms with Crippen molar-refractivity contribution >= 4 is 10.0 Å². The Morgan fingerprint density at radius 3 is 1.63 bits per heavy atom. The van der Waals surface area contributed by atoms with Crippen LogP contribution < -0.4 is 0 Å². The molecule has 0 aromatic carbocycles. The van der Waals surface area contributed by atoms with Gasteiger partial charge in [0, 0.05) is 25.6 Å². The minimum absolute atomic E-state index is 0.589. The molecule has 0 fully saturated rings. The molecule has 19 heavy (non-hydrogen) atoms. The lowest BCUT2D eigenvalue weighted by Crippen LogP contribution is -2.02. The fourth-order valence-corrected chi connectivity index (χ4v) is 1.71. The monoisotopic (exact) mass is 276 g/mol. The summed E-state index contributed by atoms with van der Waals surface area (Å²) in [7, 11) is -0.589. The number of aromatic nitrogens is 2. The van der Waals surface area contributed by atoms with E-state index in [1.54, 1.807) is 12.4 Å². The van der Waals surface area contributed by atoms with Crippen molar-refractivity contribution in [2.24, 2.45) is 0 Å². The van der Waals surface area contributed by atoms with Crippen molar-refractivity contribution in [2.45, 2.75) is 13.8 Å². The summed E-state index contributed by atoms with van der Waals surface area (Å²) in [5.74, 6) is 0. The third-order valence-electron chi connectivity index (χ3n) is 2.17. The fraction of sp³-hybridized carbons (Fsp3) is 0.286. The van der Waals surface area contributed by atoms with Crippen LogP contribution in [0.4, 0.5) is 0 Å². The van der Waals surface area contributed by atoms with E-state index >= 15 is 0 Å². The normalized spacial score (nSPS) is 9.58. The Morgan fingerprint density at radius 1 is 0.842 bits per heavy atom. The van der Waals surface area contributed by atoms with Crippen LogP contribution >= 0.6 is 0 Å². The summed E-state index contributed by atoms with van der Waals surface area (Å²) in [6, 6.07) is 11.6. The predicted molar refractivity (Wildman–Crippen MR) is 79.3 cm³/mol. The van der Waals surface area contributed by atoms with Crippen LogP contribution in [0.3, 0.4) is 0 Å². The van der Waals surface area contributed by atoms with Gasteiger partial charge in [-0.1, -0.05) is 12.1 Å². The Hall–Kier alpha value is -1.56. The first-order chi connectivity index (χ1) is 9.38. The number of pyridine rings is 2. The second-order valence-corrected chi connectivity index (χ2v) is 4.59. The SMILES string of the molecule is CCO[SiH2]OCC.c1ccc(-c2ccccn2)nc1. The van der Waals surface area contributed by atoms with Crippen LogP contribution in [0.2, 0.25) is 0 Å². The van der Waals surface area contributed by atoms with Gasteiger partial charge in [-0.05, 0) is 38.1 Å². The van der Waals surface area contributed by atoms with Gasteiger partial charge in [-0.2, -0.15) is 0 Å². The molecule has 0 aliphatic rings. The lowest BCUT2D eigenvalue weighted by molar-refractivity contribution is 0.240. The molecule has 0 saturated heterocycles. The highest BCUT2D eigenvalue weighted by atomic mass is 28.3. The largest absolute Gasteiger partial charge is 0.399 e. The molecule has 0 atom stereocenters. The topological polar surface area (TPSA) is 44.2 Å². The van der Waals surface area contributed by atoms with E-state index in [1.165, 1.54) is 0 Å². The molecule has 0 unspecified atom stereocenters. The Morgan fingerprint density at radius 2 is 1.32 bits per heavy atom. The third-order valence-corrected chi connectivity index (χ3v) is 3.32. The van der Waals surface area contributed by atoms with Gasteiger partial charge in [0.1, 0.15) is 0 Å². The molecule has 5 heteroatoms. The summed E-state index contributed by atoms with van der Waals surface area (Å²) in [5, 5.41) is 0. The Bertz CT molecular complexity index is 384. The van der Waals surface area contributed by atoms with Crippen molar-refractivity contribution in [1.29, 1.82) is 0 Å². The predicted octanol–water partition coefficient (Wildman–Crippen LogP) is 2.20. The average molecular weight is 276 g/mol. The maximum atomic E-state index is 4.99. The Labute approximate surface area is 116 Å². The second kappa shape index (κ2) is 10.4. The smallest absolute Gasteiger partial charge is 0.304 e. The van der Waals surface area contributed by atoms with Gasteiger partial charge in [0.15, 0.2) is 0 Å². The van der Waals surface area contributed by atoms with Gasteiger partial charge < -0.3 is 8.85 Å². The van der Waals surface area contributed by atoms with E-state index in [1.807, 2.05) is 50.2 Å². The highest BCUT2D eigenvalue weighted by Crippen LogP contribution is 2.10. The minimum atomic E-state index is -0.589. The molecule has 102 valence electrons. The zero-order chi connectivity index (χ0) is 13.8. The first-order valence-corrected chi connectivity index (χ1v) is 7.51. The molecule has 0 bridgehead atoms. The first kappa shape index (κ1) is 15.5. The Kier molecular flexibility index (Phi) is 8.45. The van der Waals surface area contributed by atoms with Gasteiger partial charge in [-0.25, -0.2) is 0 Å². The molecule has 0 N–H and O–H groups in total. The fourth-order valence-electron chi connectivity index (χ4n) is 1.25. The highest BCUT2D eigenvalue weighted by molar-refractivity contribution is 6.17. The molecule has 0 saturated carbocycles. The van der Waals surface area contributed by atoms with Crippen molar-refractivity contribution in [3.05, 3.63) is 48.8 Å². The lowest BCUT2D eigenvalue weighted by Gasteiger charge is -1.96. The summed E-state index contributed by atoms with van der Waals surface area (Å²) in [6.45, 7) is 5.55. The van der Waals surface area contributed by atoms with Crippen LogP contribution in [0, 0.1) is 0 Å². The van der Waals surface area contributed by atoms with E-state index in [0.29, 0.717) is 0 Å². The van der Waals surface area contributed by atoms with Gasteiger partial charge in [-0.3, -0.25) is 9.97 Å². The van der Waals surface area contributed by atoms with E-state index in [9.17, 15) is 0 Å². The molecule has 0 radical (unpaired) electrons. The van der Waals surface area contributed by atoms with Crippen molar-refractivity contribution in [3.63, 3.8) is 0 Å². The highest BCUT2D eigenvalue weighted by Gasteiger charge is 1.95. The van der Waals surface area contributed by atoms with Gasteiger partial charge in [0.2, 0.25) is 0 Å². The zero-order valence-corrected chi connectivity index (χ0v) is 12.9. The number of hydrogen-bond acceptors (Lipinski definition) is 4. The lowest BCUT2D eigenvalue weighted by atomic mass is 10.2. The van der Waals surface area contributed by atoms with Crippen LogP contribution in [0.5, 0.6) is 0 Å². The summed E-state index contributed by atoms with van der Waals surface area (Å²) in [6.07, 6.45) is 3.54. The molecule has 0 amide bonds. The summed E-state index contributed by atoms with van der Waals surface area (Å²) < 4.78 is 9.98. The van der Waals surface area contributed by atoms with E-state index in [4.69, 9.17) is 8.85 Å². The third kappa shape index (κ3) is 6.81. The number of hydrogen-bond donors (Lipinski definition) is 0.